The van der Waals surface area contributed by atoms with Crippen molar-refractivity contribution < 1.29 is 4.74 Å². The van der Waals surface area contributed by atoms with Crippen molar-refractivity contribution in [2.75, 3.05) is 19.1 Å². The molecule has 1 saturated carbocycles. The maximum absolute atomic E-state index is 5.54. The molecule has 0 aromatic carbocycles. The molecule has 72 valence electrons. The fraction of sp³-hybridized carbons (Fsp3) is 1.00. The molecule has 1 fully saturated rings. The van der Waals surface area contributed by atoms with Gasteiger partial charge in [-0.25, -0.2) is 0 Å². The molecular weight excluding hydrogens is 172 g/mol. The average molecular weight is 191 g/mol. The van der Waals surface area contributed by atoms with Crippen LogP contribution < -0.4 is 0 Å². The van der Waals surface area contributed by atoms with E-state index >= 15 is 0 Å². The van der Waals surface area contributed by atoms with Gasteiger partial charge in [-0.15, -0.1) is 11.6 Å². The Morgan fingerprint density at radius 1 is 1.17 bits per heavy atom. The SMILES string of the molecule is ClCCCCOCCC1CCC1. The second-order valence-electron chi connectivity index (χ2n) is 3.59. The van der Waals surface area contributed by atoms with Crippen molar-refractivity contribution in [3.8, 4) is 0 Å². The quantitative estimate of drug-likeness (QED) is 0.443. The first-order chi connectivity index (χ1) is 5.93. The molecule has 12 heavy (non-hydrogen) atoms. The van der Waals surface area contributed by atoms with Gasteiger partial charge in [0.25, 0.3) is 0 Å². The Balaban J connectivity index is 1.70. The monoisotopic (exact) mass is 190 g/mol. The van der Waals surface area contributed by atoms with Gasteiger partial charge in [-0.05, 0) is 25.2 Å². The van der Waals surface area contributed by atoms with Gasteiger partial charge in [0.15, 0.2) is 0 Å². The van der Waals surface area contributed by atoms with Crippen LogP contribution in [0.15, 0.2) is 0 Å². The molecule has 0 radical (unpaired) electrons. The minimum absolute atomic E-state index is 0.770. The third-order valence-corrected chi connectivity index (χ3v) is 2.83. The van der Waals surface area contributed by atoms with Gasteiger partial charge in [-0.1, -0.05) is 19.3 Å². The van der Waals surface area contributed by atoms with Crippen molar-refractivity contribution in [3.05, 3.63) is 0 Å². The Kier molecular flexibility index (Phi) is 5.80. The normalized spacial score (nSPS) is 17.8. The second kappa shape index (κ2) is 6.73. The summed E-state index contributed by atoms with van der Waals surface area (Å²) >= 11 is 5.54. The zero-order valence-electron chi connectivity index (χ0n) is 7.73. The minimum atomic E-state index is 0.770. The van der Waals surface area contributed by atoms with Crippen LogP contribution in [0.4, 0.5) is 0 Å². The number of unbranched alkanes of at least 4 members (excludes halogenated alkanes) is 1. The van der Waals surface area contributed by atoms with Gasteiger partial charge < -0.3 is 4.74 Å². The van der Waals surface area contributed by atoms with Gasteiger partial charge >= 0.3 is 0 Å². The maximum atomic E-state index is 5.54. The fourth-order valence-corrected chi connectivity index (χ4v) is 1.62. The van der Waals surface area contributed by atoms with Crippen molar-refractivity contribution in [2.24, 2.45) is 5.92 Å². The van der Waals surface area contributed by atoms with Crippen LogP contribution in [-0.2, 0) is 4.74 Å². The van der Waals surface area contributed by atoms with E-state index < -0.39 is 0 Å². The molecule has 0 aromatic heterocycles. The number of hydrogen-bond acceptors (Lipinski definition) is 1. The molecule has 1 nitrogen and oxygen atoms in total. The summed E-state index contributed by atoms with van der Waals surface area (Å²) in [5.74, 6) is 1.75. The summed E-state index contributed by atoms with van der Waals surface area (Å²) in [6, 6.07) is 0. The number of halogens is 1. The van der Waals surface area contributed by atoms with Gasteiger partial charge in [-0.3, -0.25) is 0 Å². The van der Waals surface area contributed by atoms with E-state index in [1.165, 1.54) is 25.7 Å². The molecule has 0 aliphatic heterocycles. The summed E-state index contributed by atoms with van der Waals surface area (Å²) in [7, 11) is 0. The maximum Gasteiger partial charge on any atom is 0.0468 e. The van der Waals surface area contributed by atoms with E-state index in [1.54, 1.807) is 0 Å². The molecule has 0 aromatic rings. The summed E-state index contributed by atoms with van der Waals surface area (Å²) < 4.78 is 5.48. The van der Waals surface area contributed by atoms with E-state index in [2.05, 4.69) is 0 Å². The highest BCUT2D eigenvalue weighted by molar-refractivity contribution is 6.17. The van der Waals surface area contributed by atoms with Crippen molar-refractivity contribution in [1.29, 1.82) is 0 Å². The third kappa shape index (κ3) is 4.32. The molecule has 0 heterocycles. The first kappa shape index (κ1) is 10.3. The summed E-state index contributed by atoms with van der Waals surface area (Å²) in [5, 5.41) is 0. The first-order valence-corrected chi connectivity index (χ1v) is 5.60. The van der Waals surface area contributed by atoms with E-state index in [9.17, 15) is 0 Å². The van der Waals surface area contributed by atoms with E-state index in [-0.39, 0.29) is 0 Å². The average Bonchev–Trinajstić information content (AvgIpc) is 2.00. The Hall–Kier alpha value is 0.250. The number of hydrogen-bond donors (Lipinski definition) is 0. The van der Waals surface area contributed by atoms with Crippen LogP contribution in [0.1, 0.15) is 38.5 Å². The van der Waals surface area contributed by atoms with Crippen LogP contribution in [0.3, 0.4) is 0 Å². The Labute approximate surface area is 80.4 Å². The summed E-state index contributed by atoms with van der Waals surface area (Å²) in [5.41, 5.74) is 0. The molecule has 2 heteroatoms. The van der Waals surface area contributed by atoms with Crippen molar-refractivity contribution >= 4 is 11.6 Å². The van der Waals surface area contributed by atoms with Gasteiger partial charge in [0.05, 0.1) is 0 Å². The molecule has 0 unspecified atom stereocenters. The zero-order chi connectivity index (χ0) is 8.65. The summed E-state index contributed by atoms with van der Waals surface area (Å²) in [4.78, 5) is 0. The lowest BCUT2D eigenvalue weighted by Gasteiger charge is -2.24. The topological polar surface area (TPSA) is 9.23 Å². The van der Waals surface area contributed by atoms with Crippen LogP contribution in [0, 0.1) is 5.92 Å². The molecule has 1 aliphatic carbocycles. The van der Waals surface area contributed by atoms with Crippen LogP contribution in [0.25, 0.3) is 0 Å². The Morgan fingerprint density at radius 3 is 2.58 bits per heavy atom. The highest BCUT2D eigenvalue weighted by Gasteiger charge is 2.16. The van der Waals surface area contributed by atoms with E-state index in [4.69, 9.17) is 16.3 Å². The van der Waals surface area contributed by atoms with Crippen LogP contribution in [0.5, 0.6) is 0 Å². The van der Waals surface area contributed by atoms with Gasteiger partial charge in [0.2, 0.25) is 0 Å². The number of alkyl halides is 1. The van der Waals surface area contributed by atoms with Crippen LogP contribution >= 0.6 is 11.6 Å². The van der Waals surface area contributed by atoms with Crippen molar-refractivity contribution in [1.82, 2.24) is 0 Å². The lowest BCUT2D eigenvalue weighted by atomic mass is 9.83. The lowest BCUT2D eigenvalue weighted by molar-refractivity contribution is 0.104. The second-order valence-corrected chi connectivity index (χ2v) is 3.97. The Bertz CT molecular complexity index is 102. The third-order valence-electron chi connectivity index (χ3n) is 2.57. The molecule has 0 spiro atoms. The van der Waals surface area contributed by atoms with Crippen LogP contribution in [0.2, 0.25) is 0 Å². The molecule has 1 rings (SSSR count). The molecule has 0 amide bonds. The Morgan fingerprint density at radius 2 is 2.00 bits per heavy atom. The largest absolute Gasteiger partial charge is 0.381 e. The molecule has 0 atom stereocenters. The van der Waals surface area contributed by atoms with Crippen LogP contribution in [-0.4, -0.2) is 19.1 Å². The molecule has 0 saturated heterocycles. The van der Waals surface area contributed by atoms with Crippen molar-refractivity contribution in [3.63, 3.8) is 0 Å². The zero-order valence-corrected chi connectivity index (χ0v) is 8.48. The predicted molar refractivity (Wildman–Crippen MR) is 52.7 cm³/mol. The van der Waals surface area contributed by atoms with E-state index in [0.29, 0.717) is 0 Å². The van der Waals surface area contributed by atoms with Gasteiger partial charge in [0, 0.05) is 19.1 Å². The van der Waals surface area contributed by atoms with E-state index in [0.717, 1.165) is 37.9 Å². The lowest BCUT2D eigenvalue weighted by Crippen LogP contribution is -2.13. The highest BCUT2D eigenvalue weighted by Crippen LogP contribution is 2.29. The molecule has 0 bridgehead atoms. The van der Waals surface area contributed by atoms with Gasteiger partial charge in [0.1, 0.15) is 0 Å². The minimum Gasteiger partial charge on any atom is -0.381 e. The highest BCUT2D eigenvalue weighted by atomic mass is 35.5. The standard InChI is InChI=1S/C10H19ClO/c11-7-1-2-8-12-9-6-10-4-3-5-10/h10H,1-9H2. The van der Waals surface area contributed by atoms with Gasteiger partial charge in [-0.2, -0.15) is 0 Å². The fourth-order valence-electron chi connectivity index (χ4n) is 1.43. The predicted octanol–water partition coefficient (Wildman–Crippen LogP) is 3.21. The molecular formula is C10H19ClO. The number of rotatable bonds is 7. The summed E-state index contributed by atoms with van der Waals surface area (Å²) in [6.07, 6.45) is 7.80. The smallest absolute Gasteiger partial charge is 0.0468 e. The van der Waals surface area contributed by atoms with E-state index in [1.807, 2.05) is 0 Å². The summed E-state index contributed by atoms with van der Waals surface area (Å²) in [6.45, 7) is 1.87. The first-order valence-electron chi connectivity index (χ1n) is 5.07. The molecule has 0 N–H and O–H groups in total. The molecule has 1 aliphatic rings. The number of ether oxygens (including phenoxy) is 1. The van der Waals surface area contributed by atoms with Crippen molar-refractivity contribution in [2.45, 2.75) is 38.5 Å².